The van der Waals surface area contributed by atoms with E-state index < -0.39 is 0 Å². The summed E-state index contributed by atoms with van der Waals surface area (Å²) in [5.74, 6) is 0.752. The molecule has 10 heavy (non-hydrogen) atoms. The first-order chi connectivity index (χ1) is 4.75. The highest BCUT2D eigenvalue weighted by Crippen LogP contribution is 2.16. The Labute approximate surface area is 60.2 Å². The Morgan fingerprint density at radius 3 is 2.80 bits per heavy atom. The average Bonchev–Trinajstić information content (AvgIpc) is 1.95. The summed E-state index contributed by atoms with van der Waals surface area (Å²) in [4.78, 5) is 11.0. The van der Waals surface area contributed by atoms with Crippen LogP contribution in [0.1, 0.15) is 6.92 Å². The molecule has 0 aromatic carbocycles. The standard InChI is InChI=1S/C8H10O2/c1-6-7(9)4-3-5-8(6)10-2/h3-6H,1-2H3. The third-order valence-electron chi connectivity index (χ3n) is 1.61. The lowest BCUT2D eigenvalue weighted by molar-refractivity contribution is -0.117. The minimum Gasteiger partial charge on any atom is -0.500 e. The van der Waals surface area contributed by atoms with Gasteiger partial charge in [-0.3, -0.25) is 4.79 Å². The lowest BCUT2D eigenvalue weighted by Gasteiger charge is -2.13. The van der Waals surface area contributed by atoms with Crippen LogP contribution in [-0.2, 0) is 9.53 Å². The van der Waals surface area contributed by atoms with Crippen molar-refractivity contribution in [2.75, 3.05) is 7.11 Å². The molecule has 0 saturated heterocycles. The van der Waals surface area contributed by atoms with Crippen molar-refractivity contribution in [3.05, 3.63) is 24.0 Å². The topological polar surface area (TPSA) is 26.3 Å². The van der Waals surface area contributed by atoms with Crippen LogP contribution in [0, 0.1) is 5.92 Å². The second kappa shape index (κ2) is 2.69. The molecule has 0 bridgehead atoms. The van der Waals surface area contributed by atoms with E-state index in [0.29, 0.717) is 0 Å². The molecule has 0 radical (unpaired) electrons. The van der Waals surface area contributed by atoms with E-state index in [4.69, 9.17) is 4.74 Å². The Kier molecular flexibility index (Phi) is 1.90. The van der Waals surface area contributed by atoms with Gasteiger partial charge < -0.3 is 4.74 Å². The number of allylic oxidation sites excluding steroid dienone is 4. The van der Waals surface area contributed by atoms with E-state index in [1.165, 1.54) is 0 Å². The first kappa shape index (κ1) is 7.06. The second-order valence-electron chi connectivity index (χ2n) is 2.26. The van der Waals surface area contributed by atoms with Crippen LogP contribution in [0.2, 0.25) is 0 Å². The maximum Gasteiger partial charge on any atom is 0.165 e. The molecule has 0 amide bonds. The summed E-state index contributed by atoms with van der Waals surface area (Å²) >= 11 is 0. The molecule has 1 unspecified atom stereocenters. The van der Waals surface area contributed by atoms with E-state index in [1.54, 1.807) is 19.3 Å². The monoisotopic (exact) mass is 138 g/mol. The maximum atomic E-state index is 11.0. The molecule has 2 heteroatoms. The van der Waals surface area contributed by atoms with Gasteiger partial charge in [0.2, 0.25) is 0 Å². The molecule has 1 aliphatic carbocycles. The minimum atomic E-state index is -0.102. The van der Waals surface area contributed by atoms with Crippen LogP contribution in [-0.4, -0.2) is 12.9 Å². The number of ketones is 1. The molecule has 1 rings (SSSR count). The van der Waals surface area contributed by atoms with Crippen molar-refractivity contribution in [1.29, 1.82) is 0 Å². The van der Waals surface area contributed by atoms with Gasteiger partial charge in [0.1, 0.15) is 5.76 Å². The Morgan fingerprint density at radius 1 is 1.60 bits per heavy atom. The second-order valence-corrected chi connectivity index (χ2v) is 2.26. The van der Waals surface area contributed by atoms with Crippen molar-refractivity contribution in [2.45, 2.75) is 6.92 Å². The average molecular weight is 138 g/mol. The van der Waals surface area contributed by atoms with E-state index >= 15 is 0 Å². The normalized spacial score (nSPS) is 24.4. The van der Waals surface area contributed by atoms with Crippen LogP contribution in [0.4, 0.5) is 0 Å². The Hall–Kier alpha value is -1.05. The van der Waals surface area contributed by atoms with Crippen molar-refractivity contribution in [3.8, 4) is 0 Å². The maximum absolute atomic E-state index is 11.0. The predicted octanol–water partition coefficient (Wildman–Crippen LogP) is 1.29. The number of rotatable bonds is 1. The summed E-state index contributed by atoms with van der Waals surface area (Å²) in [7, 11) is 1.58. The summed E-state index contributed by atoms with van der Waals surface area (Å²) in [5, 5.41) is 0. The molecule has 0 saturated carbocycles. The quantitative estimate of drug-likeness (QED) is 0.545. The van der Waals surface area contributed by atoms with Crippen molar-refractivity contribution >= 4 is 5.78 Å². The van der Waals surface area contributed by atoms with Gasteiger partial charge in [0.25, 0.3) is 0 Å². The number of ether oxygens (including phenoxy) is 1. The number of hydrogen-bond acceptors (Lipinski definition) is 2. The lowest BCUT2D eigenvalue weighted by Crippen LogP contribution is -2.14. The van der Waals surface area contributed by atoms with Gasteiger partial charge >= 0.3 is 0 Å². The highest BCUT2D eigenvalue weighted by Gasteiger charge is 2.17. The molecular weight excluding hydrogens is 128 g/mol. The van der Waals surface area contributed by atoms with Gasteiger partial charge in [0, 0.05) is 0 Å². The molecular formula is C8H10O2. The van der Waals surface area contributed by atoms with Gasteiger partial charge in [-0.25, -0.2) is 0 Å². The SMILES string of the molecule is COC1=CC=CC(=O)C1C. The van der Waals surface area contributed by atoms with Crippen molar-refractivity contribution in [3.63, 3.8) is 0 Å². The summed E-state index contributed by atoms with van der Waals surface area (Å²) in [5.41, 5.74) is 0. The third-order valence-corrected chi connectivity index (χ3v) is 1.61. The predicted molar refractivity (Wildman–Crippen MR) is 38.4 cm³/mol. The van der Waals surface area contributed by atoms with Crippen molar-refractivity contribution in [1.82, 2.24) is 0 Å². The van der Waals surface area contributed by atoms with Crippen LogP contribution < -0.4 is 0 Å². The first-order valence-corrected chi connectivity index (χ1v) is 3.22. The molecule has 1 atom stereocenters. The molecule has 1 aliphatic rings. The molecule has 0 aromatic heterocycles. The van der Waals surface area contributed by atoms with Gasteiger partial charge in [0.05, 0.1) is 13.0 Å². The van der Waals surface area contributed by atoms with Crippen LogP contribution in [0.5, 0.6) is 0 Å². The van der Waals surface area contributed by atoms with E-state index in [9.17, 15) is 4.79 Å². The molecule has 54 valence electrons. The largest absolute Gasteiger partial charge is 0.500 e. The summed E-state index contributed by atoms with van der Waals surface area (Å²) in [6, 6.07) is 0. The summed E-state index contributed by atoms with van der Waals surface area (Å²) in [6.45, 7) is 1.83. The molecule has 0 aliphatic heterocycles. The fourth-order valence-corrected chi connectivity index (χ4v) is 0.911. The Balaban J connectivity index is 2.81. The minimum absolute atomic E-state index is 0.102. The third kappa shape index (κ3) is 1.10. The van der Waals surface area contributed by atoms with Gasteiger partial charge in [-0.15, -0.1) is 0 Å². The molecule has 0 fully saturated rings. The van der Waals surface area contributed by atoms with Crippen LogP contribution >= 0.6 is 0 Å². The first-order valence-electron chi connectivity index (χ1n) is 3.22. The number of hydrogen-bond donors (Lipinski definition) is 0. The summed E-state index contributed by atoms with van der Waals surface area (Å²) < 4.78 is 4.96. The van der Waals surface area contributed by atoms with Gasteiger partial charge in [-0.1, -0.05) is 6.08 Å². The number of carbonyl (C=O) groups excluding carboxylic acids is 1. The fraction of sp³-hybridized carbons (Fsp3) is 0.375. The Bertz CT molecular complexity index is 201. The van der Waals surface area contributed by atoms with Crippen LogP contribution in [0.15, 0.2) is 24.0 Å². The lowest BCUT2D eigenvalue weighted by atomic mass is 10.00. The van der Waals surface area contributed by atoms with Gasteiger partial charge in [-0.2, -0.15) is 0 Å². The van der Waals surface area contributed by atoms with Gasteiger partial charge in [-0.05, 0) is 19.1 Å². The van der Waals surface area contributed by atoms with Crippen molar-refractivity contribution < 1.29 is 9.53 Å². The van der Waals surface area contributed by atoms with E-state index in [1.807, 2.05) is 13.0 Å². The van der Waals surface area contributed by atoms with E-state index in [0.717, 1.165) is 5.76 Å². The zero-order valence-electron chi connectivity index (χ0n) is 6.13. The van der Waals surface area contributed by atoms with E-state index in [-0.39, 0.29) is 11.7 Å². The van der Waals surface area contributed by atoms with Crippen LogP contribution in [0.25, 0.3) is 0 Å². The van der Waals surface area contributed by atoms with E-state index in [2.05, 4.69) is 0 Å². The number of carbonyl (C=O) groups is 1. The number of methoxy groups -OCH3 is 1. The smallest absolute Gasteiger partial charge is 0.165 e. The van der Waals surface area contributed by atoms with Crippen molar-refractivity contribution in [2.24, 2.45) is 5.92 Å². The van der Waals surface area contributed by atoms with Crippen LogP contribution in [0.3, 0.4) is 0 Å². The zero-order chi connectivity index (χ0) is 7.56. The molecule has 0 heterocycles. The fourth-order valence-electron chi connectivity index (χ4n) is 0.911. The molecule has 2 nitrogen and oxygen atoms in total. The highest BCUT2D eigenvalue weighted by molar-refractivity contribution is 5.94. The Morgan fingerprint density at radius 2 is 2.30 bits per heavy atom. The molecule has 0 spiro atoms. The molecule has 0 aromatic rings. The highest BCUT2D eigenvalue weighted by atomic mass is 16.5. The summed E-state index contributed by atoms with van der Waals surface area (Å²) in [6.07, 6.45) is 5.08. The molecule has 0 N–H and O–H groups in total. The van der Waals surface area contributed by atoms with Gasteiger partial charge in [0.15, 0.2) is 5.78 Å². The zero-order valence-corrected chi connectivity index (χ0v) is 6.13.